The highest BCUT2D eigenvalue weighted by Crippen LogP contribution is 2.41. The van der Waals surface area contributed by atoms with E-state index in [1.807, 2.05) is 12.4 Å². The van der Waals surface area contributed by atoms with Crippen molar-refractivity contribution in [3.63, 3.8) is 0 Å². The highest BCUT2D eigenvalue weighted by Gasteiger charge is 2.17. The van der Waals surface area contributed by atoms with E-state index in [9.17, 15) is 0 Å². The first kappa shape index (κ1) is 36.9. The van der Waals surface area contributed by atoms with Gasteiger partial charge >= 0.3 is 0 Å². The summed E-state index contributed by atoms with van der Waals surface area (Å²) in [6, 6.07) is 81.6. The molecule has 0 aliphatic heterocycles. The van der Waals surface area contributed by atoms with Gasteiger partial charge in [-0.15, -0.1) is 0 Å². The van der Waals surface area contributed by atoms with Crippen LogP contribution in [0.25, 0.3) is 109 Å². The first-order valence-electron chi connectivity index (χ1n) is 22.2. The van der Waals surface area contributed by atoms with Gasteiger partial charge in [0, 0.05) is 51.0 Å². The van der Waals surface area contributed by atoms with Crippen molar-refractivity contribution >= 4 is 92.7 Å². The minimum absolute atomic E-state index is 1.02. The van der Waals surface area contributed by atoms with Crippen LogP contribution >= 0.6 is 0 Å². The Labute approximate surface area is 376 Å². The number of rotatable bonds is 6. The van der Waals surface area contributed by atoms with Crippen molar-refractivity contribution in [1.82, 2.24) is 9.97 Å². The van der Waals surface area contributed by atoms with Crippen molar-refractivity contribution in [2.45, 2.75) is 0 Å². The van der Waals surface area contributed by atoms with E-state index >= 15 is 0 Å². The highest BCUT2D eigenvalue weighted by atomic mass is 15.1. The van der Waals surface area contributed by atoms with Gasteiger partial charge in [0.2, 0.25) is 0 Å². The minimum Gasteiger partial charge on any atom is -0.310 e. The van der Waals surface area contributed by atoms with E-state index < -0.39 is 0 Å². The Morgan fingerprint density at radius 2 is 0.646 bits per heavy atom. The number of hydrogen-bond acceptors (Lipinski definition) is 3. The molecule has 0 bridgehead atoms. The number of hydrogen-bond donors (Lipinski definition) is 0. The number of fused-ring (bicyclic) bond motifs is 10. The Hall–Kier alpha value is -8.66. The Bertz CT molecular complexity index is 3840. The molecule has 3 heteroatoms. The van der Waals surface area contributed by atoms with Crippen LogP contribution < -0.4 is 4.90 Å². The Balaban J connectivity index is 0.911. The first-order valence-corrected chi connectivity index (χ1v) is 22.2. The first-order chi connectivity index (χ1) is 32.2. The third-order valence-electron chi connectivity index (χ3n) is 13.3. The summed E-state index contributed by atoms with van der Waals surface area (Å²) in [6.45, 7) is 0. The van der Waals surface area contributed by atoms with E-state index in [-0.39, 0.29) is 0 Å². The smallest absolute Gasteiger partial charge is 0.0786 e. The summed E-state index contributed by atoms with van der Waals surface area (Å²) in [5, 5.41) is 14.4. The summed E-state index contributed by atoms with van der Waals surface area (Å²) in [7, 11) is 0. The molecule has 0 atom stereocenters. The van der Waals surface area contributed by atoms with E-state index in [1.165, 1.54) is 76.1 Å². The second-order valence-electron chi connectivity index (χ2n) is 17.0. The predicted octanol–water partition coefficient (Wildman–Crippen LogP) is 17.0. The van der Waals surface area contributed by atoms with Crippen molar-refractivity contribution in [3.8, 4) is 33.4 Å². The second-order valence-corrected chi connectivity index (χ2v) is 17.0. The fourth-order valence-corrected chi connectivity index (χ4v) is 10.1. The van der Waals surface area contributed by atoms with Crippen LogP contribution in [0.3, 0.4) is 0 Å². The Kier molecular flexibility index (Phi) is 8.53. The van der Waals surface area contributed by atoms with Crippen LogP contribution in [0.5, 0.6) is 0 Å². The molecule has 2 heterocycles. The molecule has 0 aliphatic carbocycles. The molecule has 3 nitrogen and oxygen atoms in total. The van der Waals surface area contributed by atoms with Crippen LogP contribution in [-0.4, -0.2) is 9.97 Å². The lowest BCUT2D eigenvalue weighted by Crippen LogP contribution is -2.10. The van der Waals surface area contributed by atoms with Crippen LogP contribution in [-0.2, 0) is 0 Å². The van der Waals surface area contributed by atoms with Crippen molar-refractivity contribution in [2.75, 3.05) is 4.90 Å². The zero-order valence-electron chi connectivity index (χ0n) is 35.4. The molecule has 65 heavy (non-hydrogen) atoms. The van der Waals surface area contributed by atoms with E-state index in [1.54, 1.807) is 0 Å². The van der Waals surface area contributed by atoms with E-state index in [4.69, 9.17) is 9.97 Å². The molecule has 0 amide bonds. The standard InChI is InChI=1S/C62H39N3/c1-2-10-45-37-46(14-13-40(45)7-1)47-23-29-53-48(38-47)15-16-49-39-52(28-32-54(49)53)65(50-24-17-43(18-25-50)55-33-35-63-61-57-11-5-3-8-41(57)21-30-59(55)61)51-26-19-44(20-27-51)56-34-36-64-62-58-12-6-4-9-42(58)22-31-60(56)62/h1-39H. The van der Waals surface area contributed by atoms with Gasteiger partial charge in [-0.25, -0.2) is 0 Å². The molecular formula is C62H39N3. The zero-order chi connectivity index (χ0) is 42.8. The molecule has 0 fully saturated rings. The molecule has 13 aromatic rings. The summed E-state index contributed by atoms with van der Waals surface area (Å²) >= 11 is 0. The number of pyridine rings is 2. The molecule has 302 valence electrons. The summed E-state index contributed by atoms with van der Waals surface area (Å²) in [6.07, 6.45) is 3.87. The monoisotopic (exact) mass is 825 g/mol. The minimum atomic E-state index is 1.02. The third-order valence-corrected chi connectivity index (χ3v) is 13.3. The van der Waals surface area contributed by atoms with Crippen LogP contribution in [0.15, 0.2) is 237 Å². The maximum Gasteiger partial charge on any atom is 0.0786 e. The van der Waals surface area contributed by atoms with Gasteiger partial charge in [0.15, 0.2) is 0 Å². The maximum atomic E-state index is 4.84. The summed E-state index contributed by atoms with van der Waals surface area (Å²) in [5.41, 5.74) is 12.4. The second kappa shape index (κ2) is 15.0. The van der Waals surface area contributed by atoms with Gasteiger partial charge in [-0.05, 0) is 137 Å². The van der Waals surface area contributed by atoms with E-state index in [2.05, 4.69) is 229 Å². The predicted molar refractivity (Wildman–Crippen MR) is 276 cm³/mol. The lowest BCUT2D eigenvalue weighted by atomic mass is 9.95. The maximum absolute atomic E-state index is 4.84. The normalized spacial score (nSPS) is 11.7. The average Bonchev–Trinajstić information content (AvgIpc) is 3.38. The van der Waals surface area contributed by atoms with E-state index in [0.717, 1.165) is 50.0 Å². The number of aromatic nitrogens is 2. The summed E-state index contributed by atoms with van der Waals surface area (Å²) < 4.78 is 0. The molecule has 13 rings (SSSR count). The topological polar surface area (TPSA) is 29.0 Å². The number of benzene rings is 11. The van der Waals surface area contributed by atoms with Crippen LogP contribution in [0.4, 0.5) is 17.1 Å². The van der Waals surface area contributed by atoms with Crippen LogP contribution in [0.1, 0.15) is 0 Å². The highest BCUT2D eigenvalue weighted by molar-refractivity contribution is 6.12. The molecule has 11 aromatic carbocycles. The van der Waals surface area contributed by atoms with Crippen LogP contribution in [0, 0.1) is 0 Å². The molecule has 0 unspecified atom stereocenters. The third kappa shape index (κ3) is 6.28. The number of nitrogens with zero attached hydrogens (tertiary/aromatic N) is 3. The molecule has 0 spiro atoms. The van der Waals surface area contributed by atoms with Crippen molar-refractivity contribution in [1.29, 1.82) is 0 Å². The molecule has 0 radical (unpaired) electrons. The molecular weight excluding hydrogens is 787 g/mol. The quantitative estimate of drug-likeness (QED) is 0.156. The largest absolute Gasteiger partial charge is 0.310 e. The molecule has 2 aromatic heterocycles. The lowest BCUT2D eigenvalue weighted by molar-refractivity contribution is 1.29. The van der Waals surface area contributed by atoms with Gasteiger partial charge in [0.1, 0.15) is 0 Å². The Morgan fingerprint density at radius 1 is 0.246 bits per heavy atom. The van der Waals surface area contributed by atoms with Crippen LogP contribution in [0.2, 0.25) is 0 Å². The fourth-order valence-electron chi connectivity index (χ4n) is 10.1. The summed E-state index contributed by atoms with van der Waals surface area (Å²) in [4.78, 5) is 12.1. The van der Waals surface area contributed by atoms with Gasteiger partial charge in [-0.1, -0.05) is 164 Å². The van der Waals surface area contributed by atoms with Gasteiger partial charge in [0.25, 0.3) is 0 Å². The fraction of sp³-hybridized carbons (Fsp3) is 0. The average molecular weight is 826 g/mol. The lowest BCUT2D eigenvalue weighted by Gasteiger charge is -2.26. The van der Waals surface area contributed by atoms with Gasteiger partial charge < -0.3 is 4.90 Å². The SMILES string of the molecule is c1ccc2cc(-c3ccc4c(ccc5cc(N(c6ccc(-c7ccnc8c7ccc7ccccc78)cc6)c6ccc(-c7ccnc8c7ccc7ccccc78)cc6)ccc54)c3)ccc2c1. The number of anilines is 3. The summed E-state index contributed by atoms with van der Waals surface area (Å²) in [5.74, 6) is 0. The molecule has 0 saturated carbocycles. The van der Waals surface area contributed by atoms with Gasteiger partial charge in [0.05, 0.1) is 11.0 Å². The van der Waals surface area contributed by atoms with E-state index in [0.29, 0.717) is 0 Å². The Morgan fingerprint density at radius 3 is 1.23 bits per heavy atom. The van der Waals surface area contributed by atoms with Crippen molar-refractivity contribution < 1.29 is 0 Å². The van der Waals surface area contributed by atoms with Gasteiger partial charge in [-0.2, -0.15) is 0 Å². The molecule has 0 N–H and O–H groups in total. The van der Waals surface area contributed by atoms with Gasteiger partial charge in [-0.3, -0.25) is 9.97 Å². The molecule has 0 saturated heterocycles. The van der Waals surface area contributed by atoms with Crippen molar-refractivity contribution in [2.24, 2.45) is 0 Å². The molecule has 0 aliphatic rings. The zero-order valence-corrected chi connectivity index (χ0v) is 35.4. The van der Waals surface area contributed by atoms with Crippen molar-refractivity contribution in [3.05, 3.63) is 237 Å².